The monoisotopic (exact) mass is 373 g/mol. The minimum Gasteiger partial charge on any atom is -0.313 e. The fraction of sp³-hybridized carbons (Fsp3) is 0.167. The third-order valence-electron chi connectivity index (χ3n) is 4.31. The topological polar surface area (TPSA) is 64.0 Å². The van der Waals surface area contributed by atoms with Gasteiger partial charge in [-0.05, 0) is 42.8 Å². The average molecular weight is 374 g/mol. The Hall–Kier alpha value is -2.15. The number of pyridine rings is 1. The lowest BCUT2D eigenvalue weighted by atomic mass is 10.0. The van der Waals surface area contributed by atoms with Gasteiger partial charge in [0.15, 0.2) is 0 Å². The van der Waals surface area contributed by atoms with Crippen LogP contribution in [0.5, 0.6) is 0 Å². The highest BCUT2D eigenvalue weighted by molar-refractivity contribution is 7.90. The number of nitrogens with zero attached hydrogens (tertiary/aromatic N) is 2. The molecular weight excluding hydrogens is 358 g/mol. The van der Waals surface area contributed by atoms with Gasteiger partial charge < -0.3 is 5.32 Å². The van der Waals surface area contributed by atoms with Gasteiger partial charge in [-0.2, -0.15) is 0 Å². The van der Waals surface area contributed by atoms with E-state index in [4.69, 9.17) is 11.6 Å². The predicted octanol–water partition coefficient (Wildman–Crippen LogP) is 3.30. The van der Waals surface area contributed by atoms with Crippen LogP contribution in [0.15, 0.2) is 59.8 Å². The average Bonchev–Trinajstić information content (AvgIpc) is 3.03. The van der Waals surface area contributed by atoms with E-state index in [0.717, 1.165) is 30.6 Å². The van der Waals surface area contributed by atoms with Crippen LogP contribution < -0.4 is 5.32 Å². The van der Waals surface area contributed by atoms with E-state index in [1.54, 1.807) is 42.7 Å². The van der Waals surface area contributed by atoms with Crippen molar-refractivity contribution < 1.29 is 8.42 Å². The third-order valence-corrected chi connectivity index (χ3v) is 6.48. The van der Waals surface area contributed by atoms with Crippen molar-refractivity contribution in [3.63, 3.8) is 0 Å². The van der Waals surface area contributed by atoms with Crippen molar-refractivity contribution in [2.45, 2.75) is 11.3 Å². The Labute approximate surface area is 151 Å². The molecule has 0 atom stereocenters. The van der Waals surface area contributed by atoms with Crippen molar-refractivity contribution in [1.82, 2.24) is 14.3 Å². The maximum absolute atomic E-state index is 13.2. The maximum Gasteiger partial charge on any atom is 0.269 e. The highest BCUT2D eigenvalue weighted by Gasteiger charge is 2.25. The van der Waals surface area contributed by atoms with Crippen LogP contribution in [0.1, 0.15) is 12.0 Å². The summed E-state index contributed by atoms with van der Waals surface area (Å²) in [6, 6.07) is 9.97. The lowest BCUT2D eigenvalue weighted by molar-refractivity contribution is 0.589. The van der Waals surface area contributed by atoms with E-state index in [0.29, 0.717) is 11.0 Å². The Morgan fingerprint density at radius 1 is 1.16 bits per heavy atom. The molecule has 1 aliphatic rings. The van der Waals surface area contributed by atoms with Crippen LogP contribution in [-0.2, 0) is 10.0 Å². The highest BCUT2D eigenvalue weighted by atomic mass is 35.5. The van der Waals surface area contributed by atoms with Crippen molar-refractivity contribution in [2.75, 3.05) is 13.1 Å². The quantitative estimate of drug-likeness (QED) is 0.765. The molecule has 0 aliphatic carbocycles. The Kier molecular flexibility index (Phi) is 4.11. The van der Waals surface area contributed by atoms with Gasteiger partial charge in [0.1, 0.15) is 4.90 Å². The van der Waals surface area contributed by atoms with Gasteiger partial charge in [0.2, 0.25) is 0 Å². The second-order valence-electron chi connectivity index (χ2n) is 5.83. The molecule has 5 nitrogen and oxygen atoms in total. The molecule has 0 saturated heterocycles. The molecule has 1 aliphatic heterocycles. The summed E-state index contributed by atoms with van der Waals surface area (Å²) in [6.07, 6.45) is 6.26. The Bertz CT molecular complexity index is 1090. The summed E-state index contributed by atoms with van der Waals surface area (Å²) in [7, 11) is -3.81. The first-order valence-corrected chi connectivity index (χ1v) is 9.77. The molecule has 2 aromatic heterocycles. The Morgan fingerprint density at radius 3 is 2.76 bits per heavy atom. The van der Waals surface area contributed by atoms with Crippen LogP contribution in [0.25, 0.3) is 16.6 Å². The molecule has 0 spiro atoms. The smallest absolute Gasteiger partial charge is 0.269 e. The van der Waals surface area contributed by atoms with E-state index in [2.05, 4.69) is 16.4 Å². The molecule has 1 N–H and O–H groups in total. The lowest BCUT2D eigenvalue weighted by Crippen LogP contribution is -2.20. The number of hydrogen-bond donors (Lipinski definition) is 1. The zero-order valence-electron chi connectivity index (χ0n) is 13.3. The van der Waals surface area contributed by atoms with E-state index >= 15 is 0 Å². The molecule has 0 bridgehead atoms. The number of hydrogen-bond acceptors (Lipinski definition) is 4. The van der Waals surface area contributed by atoms with E-state index in [-0.39, 0.29) is 9.92 Å². The maximum atomic E-state index is 13.2. The molecule has 3 aromatic rings. The number of nitrogens with one attached hydrogen (secondary N) is 1. The minimum atomic E-state index is -3.81. The summed E-state index contributed by atoms with van der Waals surface area (Å²) in [5.74, 6) is 0. The van der Waals surface area contributed by atoms with Gasteiger partial charge in [-0.1, -0.05) is 29.8 Å². The minimum absolute atomic E-state index is 0.0864. The zero-order valence-corrected chi connectivity index (χ0v) is 14.9. The van der Waals surface area contributed by atoms with Crippen molar-refractivity contribution in [1.29, 1.82) is 0 Å². The molecular formula is C18H16ClN3O2S. The van der Waals surface area contributed by atoms with Gasteiger partial charge in [-0.3, -0.25) is 4.98 Å². The van der Waals surface area contributed by atoms with Crippen molar-refractivity contribution in [3.8, 4) is 0 Å². The van der Waals surface area contributed by atoms with E-state index in [1.807, 2.05) is 0 Å². The summed E-state index contributed by atoms with van der Waals surface area (Å²) < 4.78 is 27.7. The van der Waals surface area contributed by atoms with Crippen molar-refractivity contribution in [3.05, 3.63) is 65.5 Å². The zero-order chi connectivity index (χ0) is 17.4. The number of fused-ring (bicyclic) bond motifs is 1. The SMILES string of the molecule is O=S(=O)(c1ccccc1Cl)n1cc(C2=CCNCC2)c2ncccc21. The summed E-state index contributed by atoms with van der Waals surface area (Å²) in [5.41, 5.74) is 3.20. The predicted molar refractivity (Wildman–Crippen MR) is 99.2 cm³/mol. The van der Waals surface area contributed by atoms with Crippen LogP contribution in [0, 0.1) is 0 Å². The van der Waals surface area contributed by atoms with Gasteiger partial charge >= 0.3 is 0 Å². The molecule has 1 aromatic carbocycles. The molecule has 0 fully saturated rings. The van der Waals surface area contributed by atoms with Crippen molar-refractivity contribution >= 4 is 38.2 Å². The highest BCUT2D eigenvalue weighted by Crippen LogP contribution is 2.32. The Morgan fingerprint density at radius 2 is 2.00 bits per heavy atom. The number of aromatic nitrogens is 2. The standard InChI is InChI=1S/C18H16ClN3O2S/c19-15-4-1-2-6-17(15)25(23,24)22-12-14(13-7-10-20-11-8-13)18-16(22)5-3-9-21-18/h1-7,9,12,20H,8,10-11H2. The number of benzene rings is 1. The molecule has 7 heteroatoms. The molecule has 3 heterocycles. The van der Waals surface area contributed by atoms with Gasteiger partial charge in [0.25, 0.3) is 10.0 Å². The summed E-state index contributed by atoms with van der Waals surface area (Å²) in [6.45, 7) is 1.63. The second kappa shape index (κ2) is 6.29. The first-order chi connectivity index (χ1) is 12.1. The molecule has 0 unspecified atom stereocenters. The molecule has 0 radical (unpaired) electrons. The fourth-order valence-electron chi connectivity index (χ4n) is 3.09. The molecule has 4 rings (SSSR count). The normalized spacial score (nSPS) is 15.3. The lowest BCUT2D eigenvalue weighted by Gasteiger charge is -2.12. The first-order valence-electron chi connectivity index (χ1n) is 7.95. The van der Waals surface area contributed by atoms with E-state index in [1.165, 1.54) is 10.0 Å². The summed E-state index contributed by atoms with van der Waals surface area (Å²) in [5, 5.41) is 3.47. The first kappa shape index (κ1) is 16.3. The van der Waals surface area contributed by atoms with E-state index in [9.17, 15) is 8.42 Å². The van der Waals surface area contributed by atoms with Crippen LogP contribution >= 0.6 is 11.6 Å². The van der Waals surface area contributed by atoms with Gasteiger partial charge in [0.05, 0.1) is 16.1 Å². The van der Waals surface area contributed by atoms with Crippen LogP contribution in [0.4, 0.5) is 0 Å². The van der Waals surface area contributed by atoms with Gasteiger partial charge in [-0.15, -0.1) is 0 Å². The van der Waals surface area contributed by atoms with Crippen molar-refractivity contribution in [2.24, 2.45) is 0 Å². The number of halogens is 1. The molecule has 0 saturated carbocycles. The third kappa shape index (κ3) is 2.76. The van der Waals surface area contributed by atoms with Gasteiger partial charge in [0, 0.05) is 24.5 Å². The summed E-state index contributed by atoms with van der Waals surface area (Å²) >= 11 is 6.14. The molecule has 25 heavy (non-hydrogen) atoms. The van der Waals surface area contributed by atoms with E-state index < -0.39 is 10.0 Å². The molecule has 0 amide bonds. The summed E-state index contributed by atoms with van der Waals surface area (Å²) in [4.78, 5) is 4.51. The number of rotatable bonds is 3. The van der Waals surface area contributed by atoms with Crippen LogP contribution in [0.2, 0.25) is 5.02 Å². The van der Waals surface area contributed by atoms with Gasteiger partial charge in [-0.25, -0.2) is 12.4 Å². The second-order valence-corrected chi connectivity index (χ2v) is 8.02. The van der Waals surface area contributed by atoms with Crippen LogP contribution in [0.3, 0.4) is 0 Å². The van der Waals surface area contributed by atoms with Crippen LogP contribution in [-0.4, -0.2) is 30.5 Å². The largest absolute Gasteiger partial charge is 0.313 e. The molecule has 128 valence electrons. The fourth-order valence-corrected chi connectivity index (χ4v) is 4.95. The Balaban J connectivity index is 1.97.